The minimum absolute atomic E-state index is 0.0195. The van der Waals surface area contributed by atoms with E-state index in [2.05, 4.69) is 35.0 Å². The standard InChI is InChI=1S/C22H23N3O3S/c1-13-7-14-3-2-6-25(15-10-24(11-15)22(27)28)20(14)18(8-13)17-4-5-23-19-9-16(12-26)29-21(17)19/h4-5,7-9,15,26H,2-3,6,10-12H2,1H3,(H,27,28). The second-order valence-electron chi connectivity index (χ2n) is 7.90. The molecular weight excluding hydrogens is 386 g/mol. The van der Waals surface area contributed by atoms with Crippen molar-refractivity contribution in [1.29, 1.82) is 0 Å². The summed E-state index contributed by atoms with van der Waals surface area (Å²) in [5.41, 5.74) is 7.04. The molecule has 2 N–H and O–H groups in total. The van der Waals surface area contributed by atoms with Crippen LogP contribution < -0.4 is 4.90 Å². The van der Waals surface area contributed by atoms with Gasteiger partial charge in [0.15, 0.2) is 0 Å². The number of hydrogen-bond acceptors (Lipinski definition) is 5. The fourth-order valence-electron chi connectivity index (χ4n) is 4.59. The predicted octanol–water partition coefficient (Wildman–Crippen LogP) is 3.88. The van der Waals surface area contributed by atoms with Crippen LogP contribution in [0.25, 0.3) is 21.3 Å². The third kappa shape index (κ3) is 3.05. The number of aliphatic hydroxyl groups is 1. The number of rotatable bonds is 3. The molecule has 0 atom stereocenters. The molecule has 3 aromatic rings. The van der Waals surface area contributed by atoms with Crippen LogP contribution in [0, 0.1) is 6.92 Å². The number of nitrogens with zero attached hydrogens (tertiary/aromatic N) is 3. The average molecular weight is 410 g/mol. The zero-order chi connectivity index (χ0) is 20.1. The predicted molar refractivity (Wildman–Crippen MR) is 115 cm³/mol. The van der Waals surface area contributed by atoms with E-state index < -0.39 is 6.09 Å². The lowest BCUT2D eigenvalue weighted by atomic mass is 9.90. The van der Waals surface area contributed by atoms with Crippen molar-refractivity contribution < 1.29 is 15.0 Å². The molecular formula is C22H23N3O3S. The Balaban J connectivity index is 1.64. The first-order chi connectivity index (χ1) is 14.0. The molecule has 1 amide bonds. The number of aromatic nitrogens is 1. The van der Waals surface area contributed by atoms with E-state index in [-0.39, 0.29) is 12.6 Å². The first-order valence-electron chi connectivity index (χ1n) is 9.92. The van der Waals surface area contributed by atoms with Crippen LogP contribution in [-0.4, -0.2) is 51.9 Å². The number of benzene rings is 1. The molecule has 29 heavy (non-hydrogen) atoms. The monoisotopic (exact) mass is 409 g/mol. The summed E-state index contributed by atoms with van der Waals surface area (Å²) in [5, 5.41) is 18.8. The summed E-state index contributed by atoms with van der Waals surface area (Å²) >= 11 is 1.59. The van der Waals surface area contributed by atoms with Crippen LogP contribution in [0.1, 0.15) is 22.4 Å². The Morgan fingerprint density at radius 1 is 1.28 bits per heavy atom. The number of aliphatic hydroxyl groups excluding tert-OH is 1. The van der Waals surface area contributed by atoms with Crippen LogP contribution in [0.2, 0.25) is 0 Å². The summed E-state index contributed by atoms with van der Waals surface area (Å²) < 4.78 is 1.09. The maximum absolute atomic E-state index is 11.2. The maximum Gasteiger partial charge on any atom is 0.407 e. The van der Waals surface area contributed by atoms with Gasteiger partial charge in [-0.15, -0.1) is 11.3 Å². The molecule has 0 aliphatic carbocycles. The fourth-order valence-corrected chi connectivity index (χ4v) is 5.59. The van der Waals surface area contributed by atoms with E-state index in [1.165, 1.54) is 27.3 Å². The highest BCUT2D eigenvalue weighted by atomic mass is 32.1. The van der Waals surface area contributed by atoms with E-state index in [1.54, 1.807) is 11.3 Å². The molecule has 0 bridgehead atoms. The van der Waals surface area contributed by atoms with Gasteiger partial charge in [0.1, 0.15) is 0 Å². The van der Waals surface area contributed by atoms with Crippen molar-refractivity contribution in [3.05, 3.63) is 46.5 Å². The summed E-state index contributed by atoms with van der Waals surface area (Å²) in [7, 11) is 0. The van der Waals surface area contributed by atoms with Crippen molar-refractivity contribution in [2.75, 3.05) is 24.5 Å². The number of anilines is 1. The lowest BCUT2D eigenvalue weighted by Crippen LogP contribution is -2.61. The van der Waals surface area contributed by atoms with Gasteiger partial charge in [0, 0.05) is 47.5 Å². The van der Waals surface area contributed by atoms with Gasteiger partial charge in [-0.3, -0.25) is 4.98 Å². The third-order valence-corrected chi connectivity index (χ3v) is 7.09. The number of carboxylic acid groups (broad SMARTS) is 1. The molecule has 0 unspecified atom stereocenters. The van der Waals surface area contributed by atoms with Gasteiger partial charge >= 0.3 is 6.09 Å². The maximum atomic E-state index is 11.2. The number of thiophene rings is 1. The van der Waals surface area contributed by atoms with Gasteiger partial charge in [-0.05, 0) is 43.5 Å². The van der Waals surface area contributed by atoms with Gasteiger partial charge in [-0.1, -0.05) is 11.6 Å². The first-order valence-corrected chi connectivity index (χ1v) is 10.7. The second-order valence-corrected chi connectivity index (χ2v) is 9.04. The zero-order valence-electron chi connectivity index (χ0n) is 16.3. The molecule has 1 saturated heterocycles. The lowest BCUT2D eigenvalue weighted by molar-refractivity contribution is 0.104. The minimum Gasteiger partial charge on any atom is -0.465 e. The number of hydrogen-bond donors (Lipinski definition) is 2. The van der Waals surface area contributed by atoms with Crippen LogP contribution in [0.15, 0.2) is 30.5 Å². The van der Waals surface area contributed by atoms with Crippen LogP contribution in [0.3, 0.4) is 0 Å². The highest BCUT2D eigenvalue weighted by Crippen LogP contribution is 2.44. The molecule has 2 aliphatic heterocycles. The van der Waals surface area contributed by atoms with E-state index in [4.69, 9.17) is 0 Å². The summed E-state index contributed by atoms with van der Waals surface area (Å²) in [6.07, 6.45) is 3.12. The Labute approximate surface area is 173 Å². The molecule has 0 spiro atoms. The van der Waals surface area contributed by atoms with Gasteiger partial charge in [-0.2, -0.15) is 0 Å². The van der Waals surface area contributed by atoms with Gasteiger partial charge in [0.25, 0.3) is 0 Å². The van der Waals surface area contributed by atoms with E-state index >= 15 is 0 Å². The molecule has 1 fully saturated rings. The summed E-state index contributed by atoms with van der Waals surface area (Å²) in [5.74, 6) is 0. The topological polar surface area (TPSA) is 76.9 Å². The molecule has 1 aromatic carbocycles. The smallest absolute Gasteiger partial charge is 0.407 e. The van der Waals surface area contributed by atoms with Crippen LogP contribution in [0.4, 0.5) is 10.5 Å². The van der Waals surface area contributed by atoms with Crippen molar-refractivity contribution in [3.8, 4) is 11.1 Å². The first kappa shape index (κ1) is 18.4. The third-order valence-electron chi connectivity index (χ3n) is 5.95. The number of pyridine rings is 1. The van der Waals surface area contributed by atoms with Crippen molar-refractivity contribution >= 4 is 33.3 Å². The van der Waals surface area contributed by atoms with E-state index in [0.29, 0.717) is 13.1 Å². The summed E-state index contributed by atoms with van der Waals surface area (Å²) in [6, 6.07) is 8.75. The van der Waals surface area contributed by atoms with Gasteiger partial charge in [0.2, 0.25) is 0 Å². The molecule has 4 heterocycles. The second kappa shape index (κ2) is 7.00. The molecule has 7 heteroatoms. The van der Waals surface area contributed by atoms with E-state index in [9.17, 15) is 15.0 Å². The summed E-state index contributed by atoms with van der Waals surface area (Å²) in [6.45, 7) is 4.21. The lowest BCUT2D eigenvalue weighted by Gasteiger charge is -2.47. The van der Waals surface area contributed by atoms with Crippen molar-refractivity contribution in [2.24, 2.45) is 0 Å². The normalized spacial score (nSPS) is 16.8. The molecule has 2 aromatic heterocycles. The number of carbonyl (C=O) groups is 1. The van der Waals surface area contributed by atoms with Crippen LogP contribution in [0.5, 0.6) is 0 Å². The quantitative estimate of drug-likeness (QED) is 0.687. The van der Waals surface area contributed by atoms with Gasteiger partial charge < -0.3 is 20.0 Å². The average Bonchev–Trinajstić information content (AvgIpc) is 3.09. The van der Waals surface area contributed by atoms with Crippen molar-refractivity contribution in [3.63, 3.8) is 0 Å². The highest BCUT2D eigenvalue weighted by molar-refractivity contribution is 7.19. The molecule has 0 saturated carbocycles. The van der Waals surface area contributed by atoms with Crippen molar-refractivity contribution in [1.82, 2.24) is 9.88 Å². The van der Waals surface area contributed by atoms with Gasteiger partial charge in [0.05, 0.1) is 22.9 Å². The Hall–Kier alpha value is -2.64. The molecule has 2 aliphatic rings. The number of aryl methyl sites for hydroxylation is 2. The summed E-state index contributed by atoms with van der Waals surface area (Å²) in [4.78, 5) is 20.5. The Morgan fingerprint density at radius 3 is 2.86 bits per heavy atom. The zero-order valence-corrected chi connectivity index (χ0v) is 17.1. The number of fused-ring (bicyclic) bond motifs is 2. The van der Waals surface area contributed by atoms with E-state index in [1.807, 2.05) is 12.3 Å². The highest BCUT2D eigenvalue weighted by Gasteiger charge is 2.37. The van der Waals surface area contributed by atoms with Gasteiger partial charge in [-0.25, -0.2) is 4.79 Å². The Morgan fingerprint density at radius 2 is 2.10 bits per heavy atom. The Kier molecular flexibility index (Phi) is 4.44. The van der Waals surface area contributed by atoms with E-state index in [0.717, 1.165) is 40.0 Å². The number of amides is 1. The Bertz CT molecular complexity index is 1100. The van der Waals surface area contributed by atoms with Crippen molar-refractivity contribution in [2.45, 2.75) is 32.4 Å². The molecule has 6 nitrogen and oxygen atoms in total. The minimum atomic E-state index is -0.839. The molecule has 5 rings (SSSR count). The van der Waals surface area contributed by atoms with Crippen LogP contribution >= 0.6 is 11.3 Å². The molecule has 150 valence electrons. The van der Waals surface area contributed by atoms with Crippen LogP contribution in [-0.2, 0) is 13.0 Å². The largest absolute Gasteiger partial charge is 0.465 e. The fraction of sp³-hybridized carbons (Fsp3) is 0.364. The SMILES string of the molecule is Cc1cc2c(c(-c3ccnc4cc(CO)sc34)c1)N(C1CN(C(=O)O)C1)CCC2. The molecule has 0 radical (unpaired) electrons. The number of likely N-dealkylation sites (tertiary alicyclic amines) is 1.